The van der Waals surface area contributed by atoms with Crippen LogP contribution in [0.3, 0.4) is 0 Å². The summed E-state index contributed by atoms with van der Waals surface area (Å²) >= 11 is 0. The minimum atomic E-state index is -0.147. The molecule has 2 rings (SSSR count). The van der Waals surface area contributed by atoms with Crippen molar-refractivity contribution in [1.29, 1.82) is 0 Å². The maximum atomic E-state index is 9.67. The number of likely N-dealkylation sites (tertiary alicyclic amines) is 1. The summed E-state index contributed by atoms with van der Waals surface area (Å²) in [4.78, 5) is 2.57. The lowest BCUT2D eigenvalue weighted by Gasteiger charge is -2.43. The van der Waals surface area contributed by atoms with E-state index in [0.717, 1.165) is 52.2 Å². The Kier molecular flexibility index (Phi) is 5.63. The van der Waals surface area contributed by atoms with Gasteiger partial charge in [0.15, 0.2) is 0 Å². The van der Waals surface area contributed by atoms with Crippen LogP contribution in [0.25, 0.3) is 0 Å². The summed E-state index contributed by atoms with van der Waals surface area (Å²) in [6.45, 7) is 8.18. The maximum absolute atomic E-state index is 9.67. The largest absolute Gasteiger partial charge is 0.393 e. The predicted molar refractivity (Wildman–Crippen MR) is 77.3 cm³/mol. The van der Waals surface area contributed by atoms with Gasteiger partial charge in [0.2, 0.25) is 0 Å². The van der Waals surface area contributed by atoms with Gasteiger partial charge in [-0.05, 0) is 58.7 Å². The Labute approximate surface area is 117 Å². The molecule has 2 heterocycles. The van der Waals surface area contributed by atoms with Crippen LogP contribution in [0.15, 0.2) is 0 Å². The minimum Gasteiger partial charge on any atom is -0.393 e. The van der Waals surface area contributed by atoms with Crippen molar-refractivity contribution in [1.82, 2.24) is 10.2 Å². The molecule has 112 valence electrons. The fourth-order valence-electron chi connectivity index (χ4n) is 3.67. The van der Waals surface area contributed by atoms with Crippen molar-refractivity contribution in [3.05, 3.63) is 0 Å². The molecule has 2 fully saturated rings. The molecule has 2 saturated heterocycles. The third-order valence-electron chi connectivity index (χ3n) is 4.83. The van der Waals surface area contributed by atoms with Gasteiger partial charge in [-0.2, -0.15) is 0 Å². The summed E-state index contributed by atoms with van der Waals surface area (Å²) in [5.41, 5.74) is 0.296. The molecule has 0 bridgehead atoms. The first kappa shape index (κ1) is 15.2. The predicted octanol–water partition coefficient (Wildman–Crippen LogP) is 1.10. The van der Waals surface area contributed by atoms with E-state index in [1.54, 1.807) is 0 Å². The van der Waals surface area contributed by atoms with Gasteiger partial charge in [-0.25, -0.2) is 0 Å². The molecule has 19 heavy (non-hydrogen) atoms. The van der Waals surface area contributed by atoms with Gasteiger partial charge in [0.05, 0.1) is 12.7 Å². The van der Waals surface area contributed by atoms with E-state index < -0.39 is 0 Å². The second kappa shape index (κ2) is 7.02. The van der Waals surface area contributed by atoms with Crippen molar-refractivity contribution in [2.45, 2.75) is 38.7 Å². The SMILES string of the molecule is CNCC1(CN2CCC(C(C)O)CC2)CCCOC1. The first-order chi connectivity index (χ1) is 9.15. The van der Waals surface area contributed by atoms with E-state index >= 15 is 0 Å². The maximum Gasteiger partial charge on any atom is 0.0546 e. The molecule has 0 spiro atoms. The standard InChI is InChI=1S/C15H30N2O2/c1-13(18)14-4-7-17(8-5-14)11-15(10-16-2)6-3-9-19-12-15/h13-14,16,18H,3-12H2,1-2H3. The van der Waals surface area contributed by atoms with Gasteiger partial charge in [-0.3, -0.25) is 0 Å². The Bertz CT molecular complexity index is 251. The highest BCUT2D eigenvalue weighted by Crippen LogP contribution is 2.31. The summed E-state index contributed by atoms with van der Waals surface area (Å²) < 4.78 is 5.73. The molecule has 0 aromatic heterocycles. The Morgan fingerprint density at radius 2 is 2.16 bits per heavy atom. The summed E-state index contributed by atoms with van der Waals surface area (Å²) in [5.74, 6) is 0.499. The van der Waals surface area contributed by atoms with E-state index in [2.05, 4.69) is 10.2 Å². The second-order valence-corrected chi connectivity index (χ2v) is 6.54. The average molecular weight is 270 g/mol. The molecule has 0 aromatic rings. The highest BCUT2D eigenvalue weighted by molar-refractivity contribution is 4.88. The van der Waals surface area contributed by atoms with E-state index in [0.29, 0.717) is 11.3 Å². The number of hydrogen-bond acceptors (Lipinski definition) is 4. The van der Waals surface area contributed by atoms with Gasteiger partial charge in [-0.1, -0.05) is 0 Å². The highest BCUT2D eigenvalue weighted by atomic mass is 16.5. The first-order valence-corrected chi connectivity index (χ1v) is 7.78. The van der Waals surface area contributed by atoms with Crippen LogP contribution in [-0.2, 0) is 4.74 Å². The molecule has 4 nitrogen and oxygen atoms in total. The molecule has 0 aromatic carbocycles. The molecule has 4 heteroatoms. The van der Waals surface area contributed by atoms with Gasteiger partial charge < -0.3 is 20.1 Å². The molecule has 0 saturated carbocycles. The normalized spacial score (nSPS) is 32.4. The Morgan fingerprint density at radius 3 is 2.68 bits per heavy atom. The van der Waals surface area contributed by atoms with E-state index in [-0.39, 0.29) is 6.10 Å². The number of nitrogens with one attached hydrogen (secondary N) is 1. The minimum absolute atomic E-state index is 0.147. The van der Waals surface area contributed by atoms with Crippen LogP contribution in [0.4, 0.5) is 0 Å². The first-order valence-electron chi connectivity index (χ1n) is 7.78. The zero-order chi connectivity index (χ0) is 13.7. The molecule has 0 aliphatic carbocycles. The number of aliphatic hydroxyl groups excluding tert-OH is 1. The molecule has 2 aliphatic rings. The van der Waals surface area contributed by atoms with Crippen molar-refractivity contribution in [2.24, 2.45) is 11.3 Å². The van der Waals surface area contributed by atoms with Crippen LogP contribution in [0.2, 0.25) is 0 Å². The third-order valence-corrected chi connectivity index (χ3v) is 4.83. The van der Waals surface area contributed by atoms with Crippen molar-refractivity contribution >= 4 is 0 Å². The number of rotatable bonds is 5. The van der Waals surface area contributed by atoms with Crippen LogP contribution in [0.1, 0.15) is 32.6 Å². The van der Waals surface area contributed by atoms with Crippen molar-refractivity contribution in [2.75, 3.05) is 46.4 Å². The van der Waals surface area contributed by atoms with Gasteiger partial charge in [0, 0.05) is 25.1 Å². The number of aliphatic hydroxyl groups is 1. The van der Waals surface area contributed by atoms with Crippen LogP contribution in [0.5, 0.6) is 0 Å². The number of piperidine rings is 1. The lowest BCUT2D eigenvalue weighted by Crippen LogP contribution is -2.50. The zero-order valence-electron chi connectivity index (χ0n) is 12.5. The van der Waals surface area contributed by atoms with Crippen molar-refractivity contribution < 1.29 is 9.84 Å². The molecular formula is C15H30N2O2. The summed E-state index contributed by atoms with van der Waals surface area (Å²) in [6.07, 6.45) is 4.57. The lowest BCUT2D eigenvalue weighted by molar-refractivity contribution is -0.0336. The van der Waals surface area contributed by atoms with Gasteiger partial charge >= 0.3 is 0 Å². The third kappa shape index (κ3) is 4.15. The highest BCUT2D eigenvalue weighted by Gasteiger charge is 2.35. The molecule has 2 unspecified atom stereocenters. The number of hydrogen-bond donors (Lipinski definition) is 2. The fraction of sp³-hybridized carbons (Fsp3) is 1.00. The Hall–Kier alpha value is -0.160. The molecule has 2 N–H and O–H groups in total. The second-order valence-electron chi connectivity index (χ2n) is 6.54. The van der Waals surface area contributed by atoms with Crippen molar-refractivity contribution in [3.8, 4) is 0 Å². The van der Waals surface area contributed by atoms with Gasteiger partial charge in [0.1, 0.15) is 0 Å². The topological polar surface area (TPSA) is 44.7 Å². The lowest BCUT2D eigenvalue weighted by atomic mass is 9.81. The fourth-order valence-corrected chi connectivity index (χ4v) is 3.67. The van der Waals surface area contributed by atoms with Gasteiger partial charge in [0.25, 0.3) is 0 Å². The van der Waals surface area contributed by atoms with Crippen LogP contribution in [0, 0.1) is 11.3 Å². The van der Waals surface area contributed by atoms with E-state index in [4.69, 9.17) is 4.74 Å². The summed E-state index contributed by atoms with van der Waals surface area (Å²) in [6, 6.07) is 0. The Balaban J connectivity index is 1.85. The van der Waals surface area contributed by atoms with Crippen LogP contribution < -0.4 is 5.32 Å². The summed E-state index contributed by atoms with van der Waals surface area (Å²) in [5, 5.41) is 13.0. The zero-order valence-corrected chi connectivity index (χ0v) is 12.5. The van der Waals surface area contributed by atoms with Crippen LogP contribution in [-0.4, -0.2) is 62.6 Å². The van der Waals surface area contributed by atoms with Crippen LogP contribution >= 0.6 is 0 Å². The molecule has 2 aliphatic heterocycles. The number of ether oxygens (including phenoxy) is 1. The molecule has 0 radical (unpaired) electrons. The summed E-state index contributed by atoms with van der Waals surface area (Å²) in [7, 11) is 2.04. The van der Waals surface area contributed by atoms with Gasteiger partial charge in [-0.15, -0.1) is 0 Å². The van der Waals surface area contributed by atoms with E-state index in [9.17, 15) is 5.11 Å². The van der Waals surface area contributed by atoms with E-state index in [1.807, 2.05) is 14.0 Å². The quantitative estimate of drug-likeness (QED) is 0.785. The molecular weight excluding hydrogens is 240 g/mol. The smallest absolute Gasteiger partial charge is 0.0546 e. The Morgan fingerprint density at radius 1 is 1.42 bits per heavy atom. The molecule has 0 amide bonds. The average Bonchev–Trinajstić information content (AvgIpc) is 2.40. The van der Waals surface area contributed by atoms with Crippen molar-refractivity contribution in [3.63, 3.8) is 0 Å². The monoisotopic (exact) mass is 270 g/mol. The number of nitrogens with zero attached hydrogens (tertiary/aromatic N) is 1. The molecule has 2 atom stereocenters. The van der Waals surface area contributed by atoms with E-state index in [1.165, 1.54) is 12.8 Å².